The number of amides is 1. The first kappa shape index (κ1) is 94.2. The van der Waals surface area contributed by atoms with Crippen molar-refractivity contribution in [3.05, 3.63) is 36.5 Å². The minimum absolute atomic E-state index is 0.240. The molecule has 17 unspecified atom stereocenters. The van der Waals surface area contributed by atoms with Crippen LogP contribution in [0.15, 0.2) is 36.5 Å². The van der Waals surface area contributed by atoms with Gasteiger partial charge in [-0.15, -0.1) is 0 Å². The Morgan fingerprint density at radius 2 is 0.627 bits per heavy atom. The van der Waals surface area contributed by atoms with E-state index in [0.717, 1.165) is 38.5 Å². The molecule has 0 aromatic heterocycles. The molecule has 17 atom stereocenters. The van der Waals surface area contributed by atoms with Crippen LogP contribution in [0, 0.1) is 0 Å². The number of rotatable bonds is 68. The first-order valence-electron chi connectivity index (χ1n) is 42.2. The molecule has 19 heteroatoms. The maximum Gasteiger partial charge on any atom is 0.220 e. The van der Waals surface area contributed by atoms with E-state index in [1.807, 2.05) is 6.08 Å². The molecule has 3 aliphatic rings. The molecule has 0 radical (unpaired) electrons. The zero-order valence-corrected chi connectivity index (χ0v) is 64.4. The second kappa shape index (κ2) is 63.9. The fourth-order valence-corrected chi connectivity index (χ4v) is 14.4. The number of ether oxygens (including phenoxy) is 6. The Hall–Kier alpha value is -1.99. The van der Waals surface area contributed by atoms with Gasteiger partial charge in [-0.1, -0.05) is 326 Å². The lowest BCUT2D eigenvalue weighted by Gasteiger charge is -2.48. The molecule has 0 aromatic rings. The summed E-state index contributed by atoms with van der Waals surface area (Å²) in [6, 6.07) is -0.990. The molecule has 3 rings (SSSR count). The van der Waals surface area contributed by atoms with Crippen molar-refractivity contribution >= 4 is 5.91 Å². The molecule has 1 amide bonds. The van der Waals surface area contributed by atoms with E-state index >= 15 is 0 Å². The summed E-state index contributed by atoms with van der Waals surface area (Å²) in [6.45, 7) is 1.77. The van der Waals surface area contributed by atoms with Crippen molar-refractivity contribution in [1.29, 1.82) is 0 Å². The number of nitrogens with one attached hydrogen (secondary N) is 1. The van der Waals surface area contributed by atoms with Crippen LogP contribution in [0.2, 0.25) is 0 Å². The number of carbonyl (C=O) groups excluding carboxylic acids is 1. The molecule has 0 aliphatic carbocycles. The largest absolute Gasteiger partial charge is 0.394 e. The number of hydrogen-bond acceptors (Lipinski definition) is 18. The first-order chi connectivity index (χ1) is 49.8. The van der Waals surface area contributed by atoms with Crippen LogP contribution in [0.25, 0.3) is 0 Å². The smallest absolute Gasteiger partial charge is 0.220 e. The molecule has 12 N–H and O–H groups in total. The Labute approximate surface area is 619 Å². The van der Waals surface area contributed by atoms with Crippen LogP contribution in [-0.4, -0.2) is 193 Å². The fraction of sp³-hybridized carbons (Fsp3) is 0.916. The summed E-state index contributed by atoms with van der Waals surface area (Å²) >= 11 is 0. The highest BCUT2D eigenvalue weighted by Gasteiger charge is 2.54. The van der Waals surface area contributed by atoms with E-state index in [9.17, 15) is 61.0 Å². The van der Waals surface area contributed by atoms with E-state index in [1.54, 1.807) is 6.08 Å². The van der Waals surface area contributed by atoms with E-state index in [-0.39, 0.29) is 18.9 Å². The molecule has 102 heavy (non-hydrogen) atoms. The second-order valence-electron chi connectivity index (χ2n) is 30.3. The van der Waals surface area contributed by atoms with Gasteiger partial charge in [0, 0.05) is 6.42 Å². The summed E-state index contributed by atoms with van der Waals surface area (Å²) in [5.74, 6) is -0.278. The van der Waals surface area contributed by atoms with E-state index < -0.39 is 124 Å². The standard InChI is InChI=1S/C83H155NO18/c1-3-5-7-9-11-13-15-17-19-21-23-25-27-29-30-31-32-33-34-35-36-37-39-41-43-45-47-49-51-53-55-57-59-61-71(89)84-66(67(88)60-58-56-54-52-50-48-46-44-42-40-38-28-26-24-22-20-18-16-14-12-10-8-6-4-2)65-97-81-77(95)74(92)79(69(63-86)99-81)102-83-78(96)75(93)80(70(64-87)100-83)101-82-76(94)73(91)72(90)68(62-85)98-82/h21,23,50,52,58,60,66-70,72-83,85-88,90-96H,3-20,22,24-49,51,53-57,59,61-65H2,1-2H3,(H,84,89)/b23-21-,52-50+,60-58+. The number of aliphatic hydroxyl groups is 11. The van der Waals surface area contributed by atoms with Gasteiger partial charge >= 0.3 is 0 Å². The van der Waals surface area contributed by atoms with Gasteiger partial charge in [-0.2, -0.15) is 0 Å². The molecule has 0 aromatic carbocycles. The molecule has 3 heterocycles. The van der Waals surface area contributed by atoms with Crippen molar-refractivity contribution < 1.29 is 89.4 Å². The topological polar surface area (TPSA) is 307 Å². The Bertz CT molecular complexity index is 1980. The van der Waals surface area contributed by atoms with E-state index in [4.69, 9.17) is 28.4 Å². The average molecular weight is 1460 g/mol. The van der Waals surface area contributed by atoms with Crippen LogP contribution in [0.5, 0.6) is 0 Å². The van der Waals surface area contributed by atoms with Gasteiger partial charge in [-0.25, -0.2) is 0 Å². The molecule has 3 fully saturated rings. The number of aliphatic hydroxyl groups excluding tert-OH is 11. The Morgan fingerprint density at radius 1 is 0.343 bits per heavy atom. The van der Waals surface area contributed by atoms with Crippen LogP contribution in [0.3, 0.4) is 0 Å². The van der Waals surface area contributed by atoms with Gasteiger partial charge in [-0.05, 0) is 57.8 Å². The molecule has 3 saturated heterocycles. The molecule has 0 saturated carbocycles. The molecular weight excluding hydrogens is 1300 g/mol. The quantitative estimate of drug-likeness (QED) is 0.0199. The second-order valence-corrected chi connectivity index (χ2v) is 30.3. The maximum absolute atomic E-state index is 13.5. The SMILES string of the molecule is CCCCCCCCCC/C=C\CCCCCCCCCCCCCCCCCCCCCCCC(=O)NC(COC1OC(CO)C(OC2OC(CO)C(OC3OC(CO)C(O)C(O)C3O)C(O)C2O)C(O)C1O)C(O)/C=C/CC/C=C/CCCCCCCCCCCCCCCCCCCC. The molecular formula is C83H155NO18. The lowest BCUT2D eigenvalue weighted by atomic mass is 9.96. The predicted octanol–water partition coefficient (Wildman–Crippen LogP) is 14.7. The first-order valence-corrected chi connectivity index (χ1v) is 42.2. The summed E-state index contributed by atoms with van der Waals surface area (Å²) in [5, 5.41) is 121. The third-order valence-electron chi connectivity index (χ3n) is 21.2. The Balaban J connectivity index is 1.35. The third kappa shape index (κ3) is 43.3. The summed E-state index contributed by atoms with van der Waals surface area (Å²) in [4.78, 5) is 13.5. The summed E-state index contributed by atoms with van der Waals surface area (Å²) in [5.41, 5.74) is 0. The lowest BCUT2D eigenvalue weighted by molar-refractivity contribution is -0.379. The van der Waals surface area contributed by atoms with Gasteiger partial charge in [0.1, 0.15) is 73.2 Å². The van der Waals surface area contributed by atoms with E-state index in [1.165, 1.54) is 283 Å². The highest BCUT2D eigenvalue weighted by molar-refractivity contribution is 5.76. The highest BCUT2D eigenvalue weighted by atomic mass is 16.8. The highest BCUT2D eigenvalue weighted by Crippen LogP contribution is 2.33. The average Bonchev–Trinajstić information content (AvgIpc) is 0.781. The van der Waals surface area contributed by atoms with Crippen LogP contribution in [0.1, 0.15) is 354 Å². The fourth-order valence-electron chi connectivity index (χ4n) is 14.4. The van der Waals surface area contributed by atoms with Crippen molar-refractivity contribution in [2.75, 3.05) is 26.4 Å². The van der Waals surface area contributed by atoms with Gasteiger partial charge in [0.25, 0.3) is 0 Å². The predicted molar refractivity (Wildman–Crippen MR) is 406 cm³/mol. The zero-order valence-electron chi connectivity index (χ0n) is 64.4. The summed E-state index contributed by atoms with van der Waals surface area (Å²) in [6.07, 6.45) is 52.9. The van der Waals surface area contributed by atoms with Gasteiger partial charge in [0.05, 0.1) is 38.6 Å². The molecule has 0 spiro atoms. The van der Waals surface area contributed by atoms with Crippen molar-refractivity contribution in [2.24, 2.45) is 0 Å². The van der Waals surface area contributed by atoms with Crippen molar-refractivity contribution in [1.82, 2.24) is 5.32 Å². The molecule has 3 aliphatic heterocycles. The summed E-state index contributed by atoms with van der Waals surface area (Å²) in [7, 11) is 0. The minimum Gasteiger partial charge on any atom is -0.394 e. The van der Waals surface area contributed by atoms with Crippen molar-refractivity contribution in [2.45, 2.75) is 458 Å². The maximum atomic E-state index is 13.5. The monoisotopic (exact) mass is 1450 g/mol. The number of hydrogen-bond donors (Lipinski definition) is 12. The molecule has 19 nitrogen and oxygen atoms in total. The Kier molecular flexibility index (Phi) is 59.0. The van der Waals surface area contributed by atoms with Gasteiger partial charge < -0.3 is 89.9 Å². The molecule has 600 valence electrons. The van der Waals surface area contributed by atoms with Crippen LogP contribution in [-0.2, 0) is 33.2 Å². The lowest BCUT2D eigenvalue weighted by Crippen LogP contribution is -2.66. The van der Waals surface area contributed by atoms with Gasteiger partial charge in [0.2, 0.25) is 5.91 Å². The van der Waals surface area contributed by atoms with Gasteiger partial charge in [-0.3, -0.25) is 4.79 Å². The minimum atomic E-state index is -1.98. The third-order valence-corrected chi connectivity index (χ3v) is 21.2. The zero-order chi connectivity index (χ0) is 73.9. The molecule has 0 bridgehead atoms. The Morgan fingerprint density at radius 3 is 0.980 bits per heavy atom. The number of allylic oxidation sites excluding steroid dienone is 5. The van der Waals surface area contributed by atoms with Crippen molar-refractivity contribution in [3.8, 4) is 0 Å². The van der Waals surface area contributed by atoms with Crippen LogP contribution >= 0.6 is 0 Å². The number of carbonyl (C=O) groups is 1. The van der Waals surface area contributed by atoms with Crippen molar-refractivity contribution in [3.63, 3.8) is 0 Å². The van der Waals surface area contributed by atoms with Crippen LogP contribution < -0.4 is 5.32 Å². The van der Waals surface area contributed by atoms with Gasteiger partial charge in [0.15, 0.2) is 18.9 Å². The normalized spacial score (nSPS) is 26.3. The summed E-state index contributed by atoms with van der Waals surface area (Å²) < 4.78 is 34.5. The van der Waals surface area contributed by atoms with E-state index in [0.29, 0.717) is 12.8 Å². The van der Waals surface area contributed by atoms with E-state index in [2.05, 4.69) is 43.5 Å². The number of unbranched alkanes of at least 4 members (excludes halogenated alkanes) is 48. The van der Waals surface area contributed by atoms with Crippen LogP contribution in [0.4, 0.5) is 0 Å².